The quantitative estimate of drug-likeness (QED) is 0.527. The number of halogens is 1. The van der Waals surface area contributed by atoms with Crippen molar-refractivity contribution in [2.45, 2.75) is 13.8 Å². The number of aromatic nitrogens is 1. The minimum absolute atomic E-state index is 0.203. The molecule has 0 saturated heterocycles. The monoisotopic (exact) mass is 317 g/mol. The van der Waals surface area contributed by atoms with Gasteiger partial charge < -0.3 is 9.72 Å². The minimum atomic E-state index is -0.452. The van der Waals surface area contributed by atoms with Crippen LogP contribution in [0.25, 0.3) is 6.08 Å². The number of aromatic amines is 1. The summed E-state index contributed by atoms with van der Waals surface area (Å²) in [5.41, 5.74) is 2.88. The minimum Gasteiger partial charge on any atom is -0.465 e. The zero-order valence-electron chi connectivity index (χ0n) is 12.6. The molecule has 0 aliphatic carbocycles. The first-order valence-corrected chi connectivity index (χ1v) is 7.07. The first-order chi connectivity index (χ1) is 10.4. The number of methoxy groups -OCH3 is 1. The number of nitrogens with one attached hydrogen (secondary N) is 1. The molecule has 1 N–H and O–H groups in total. The summed E-state index contributed by atoms with van der Waals surface area (Å²) in [5.74, 6) is -0.655. The van der Waals surface area contributed by atoms with E-state index in [0.717, 1.165) is 5.56 Å². The van der Waals surface area contributed by atoms with Gasteiger partial charge in [0.15, 0.2) is 0 Å². The number of ketones is 1. The second-order valence-corrected chi connectivity index (χ2v) is 5.30. The molecule has 1 heterocycles. The van der Waals surface area contributed by atoms with Crippen LogP contribution in [0, 0.1) is 13.8 Å². The van der Waals surface area contributed by atoms with Crippen LogP contribution in [0.5, 0.6) is 0 Å². The van der Waals surface area contributed by atoms with Crippen molar-refractivity contribution in [1.82, 2.24) is 4.98 Å². The van der Waals surface area contributed by atoms with Gasteiger partial charge in [-0.05, 0) is 43.2 Å². The van der Waals surface area contributed by atoms with Gasteiger partial charge in [-0.15, -0.1) is 0 Å². The van der Waals surface area contributed by atoms with Crippen molar-refractivity contribution in [3.05, 3.63) is 63.4 Å². The number of allylic oxidation sites excluding steroid dienone is 1. The second kappa shape index (κ2) is 6.62. The van der Waals surface area contributed by atoms with Gasteiger partial charge in [0.25, 0.3) is 0 Å². The molecule has 0 fully saturated rings. The lowest BCUT2D eigenvalue weighted by atomic mass is 10.1. The highest BCUT2D eigenvalue weighted by molar-refractivity contribution is 6.30. The smallest absolute Gasteiger partial charge is 0.339 e. The molecule has 0 amide bonds. The fourth-order valence-electron chi connectivity index (χ4n) is 2.23. The summed E-state index contributed by atoms with van der Waals surface area (Å²) >= 11 is 5.81. The van der Waals surface area contributed by atoms with E-state index in [1.54, 1.807) is 32.1 Å². The predicted molar refractivity (Wildman–Crippen MR) is 86.4 cm³/mol. The number of rotatable bonds is 4. The lowest BCUT2D eigenvalue weighted by Gasteiger charge is -1.99. The topological polar surface area (TPSA) is 59.2 Å². The van der Waals surface area contributed by atoms with E-state index in [0.29, 0.717) is 27.5 Å². The molecule has 1 aromatic carbocycles. The van der Waals surface area contributed by atoms with E-state index >= 15 is 0 Å². The first kappa shape index (κ1) is 16.0. The van der Waals surface area contributed by atoms with Gasteiger partial charge in [-0.25, -0.2) is 4.79 Å². The molecule has 5 heteroatoms. The predicted octanol–water partition coefficient (Wildman–Crippen LogP) is 3.97. The van der Waals surface area contributed by atoms with E-state index in [9.17, 15) is 9.59 Å². The number of benzene rings is 1. The lowest BCUT2D eigenvalue weighted by molar-refractivity contribution is 0.0599. The van der Waals surface area contributed by atoms with Crippen molar-refractivity contribution >= 4 is 29.4 Å². The van der Waals surface area contributed by atoms with Crippen LogP contribution in [0.4, 0.5) is 0 Å². The number of ether oxygens (including phenoxy) is 1. The molecule has 114 valence electrons. The summed E-state index contributed by atoms with van der Waals surface area (Å²) in [7, 11) is 1.32. The maximum Gasteiger partial charge on any atom is 0.339 e. The van der Waals surface area contributed by atoms with Crippen LogP contribution < -0.4 is 0 Å². The van der Waals surface area contributed by atoms with Gasteiger partial charge in [0.05, 0.1) is 18.4 Å². The number of aryl methyl sites for hydroxylation is 1. The summed E-state index contributed by atoms with van der Waals surface area (Å²) in [4.78, 5) is 27.0. The molecule has 0 atom stereocenters. The summed E-state index contributed by atoms with van der Waals surface area (Å²) in [5, 5.41) is 0.641. The average Bonchev–Trinajstić information content (AvgIpc) is 2.80. The van der Waals surface area contributed by atoms with E-state index < -0.39 is 5.97 Å². The molecular weight excluding hydrogens is 302 g/mol. The van der Waals surface area contributed by atoms with E-state index in [1.807, 2.05) is 12.1 Å². The molecule has 0 aliphatic heterocycles. The molecule has 0 unspecified atom stereocenters. The van der Waals surface area contributed by atoms with Gasteiger partial charge in [0, 0.05) is 10.7 Å². The summed E-state index contributed by atoms with van der Waals surface area (Å²) in [6.45, 7) is 3.46. The fraction of sp³-hybridized carbons (Fsp3) is 0.176. The van der Waals surface area contributed by atoms with Crippen LogP contribution in [-0.4, -0.2) is 23.8 Å². The maximum atomic E-state index is 12.3. The molecular formula is C17H16ClNO3. The van der Waals surface area contributed by atoms with E-state index in [4.69, 9.17) is 16.3 Å². The molecule has 0 spiro atoms. The molecule has 22 heavy (non-hydrogen) atoms. The molecule has 2 rings (SSSR count). The van der Waals surface area contributed by atoms with Crippen LogP contribution in [-0.2, 0) is 4.74 Å². The van der Waals surface area contributed by atoms with Crippen molar-refractivity contribution < 1.29 is 14.3 Å². The number of carbonyl (C=O) groups excluding carboxylic acids is 2. The Bertz CT molecular complexity index is 742. The molecule has 0 radical (unpaired) electrons. The standard InChI is InChI=1S/C17H16ClNO3/c1-10-15(17(21)22-3)11(2)19-16(10)14(20)9-6-12-4-7-13(18)8-5-12/h4-9,19H,1-3H3. The van der Waals surface area contributed by atoms with Gasteiger partial charge in [-0.1, -0.05) is 29.8 Å². The molecule has 0 aliphatic rings. The number of esters is 1. The number of H-pyrrole nitrogens is 1. The molecule has 0 bridgehead atoms. The zero-order valence-corrected chi connectivity index (χ0v) is 13.3. The van der Waals surface area contributed by atoms with Crippen LogP contribution >= 0.6 is 11.6 Å². The third-order valence-electron chi connectivity index (χ3n) is 3.37. The van der Waals surface area contributed by atoms with Crippen molar-refractivity contribution in [2.24, 2.45) is 0 Å². The normalized spacial score (nSPS) is 10.9. The fourth-order valence-corrected chi connectivity index (χ4v) is 2.36. The molecule has 0 saturated carbocycles. The Morgan fingerprint density at radius 2 is 1.82 bits per heavy atom. The zero-order chi connectivity index (χ0) is 16.3. The summed E-state index contributed by atoms with van der Waals surface area (Å²) in [6, 6.07) is 7.15. The van der Waals surface area contributed by atoms with Crippen molar-refractivity contribution in [2.75, 3.05) is 7.11 Å². The maximum absolute atomic E-state index is 12.3. The van der Waals surface area contributed by atoms with Crippen molar-refractivity contribution in [3.8, 4) is 0 Å². The number of hydrogen-bond donors (Lipinski definition) is 1. The molecule has 4 nitrogen and oxygen atoms in total. The third kappa shape index (κ3) is 3.28. The van der Waals surface area contributed by atoms with Gasteiger partial charge >= 0.3 is 5.97 Å². The van der Waals surface area contributed by atoms with Crippen molar-refractivity contribution in [3.63, 3.8) is 0 Å². The Hall–Kier alpha value is -2.33. The van der Waals surface area contributed by atoms with E-state index in [1.165, 1.54) is 13.2 Å². The van der Waals surface area contributed by atoms with Gasteiger partial charge in [0.1, 0.15) is 0 Å². The number of hydrogen-bond acceptors (Lipinski definition) is 3. The lowest BCUT2D eigenvalue weighted by Crippen LogP contribution is -2.04. The average molecular weight is 318 g/mol. The van der Waals surface area contributed by atoms with E-state index in [2.05, 4.69) is 4.98 Å². The molecule has 1 aromatic heterocycles. The summed E-state index contributed by atoms with van der Waals surface area (Å²) < 4.78 is 4.73. The van der Waals surface area contributed by atoms with Gasteiger partial charge in [0.2, 0.25) is 5.78 Å². The number of carbonyl (C=O) groups is 2. The Kier molecular flexibility index (Phi) is 4.83. The van der Waals surface area contributed by atoms with Crippen molar-refractivity contribution in [1.29, 1.82) is 0 Å². The Morgan fingerprint density at radius 3 is 2.41 bits per heavy atom. The highest BCUT2D eigenvalue weighted by Crippen LogP contribution is 2.20. The second-order valence-electron chi connectivity index (χ2n) is 4.87. The highest BCUT2D eigenvalue weighted by atomic mass is 35.5. The Balaban J connectivity index is 2.27. The summed E-state index contributed by atoms with van der Waals surface area (Å²) in [6.07, 6.45) is 3.16. The highest BCUT2D eigenvalue weighted by Gasteiger charge is 2.21. The Morgan fingerprint density at radius 1 is 1.18 bits per heavy atom. The largest absolute Gasteiger partial charge is 0.465 e. The Labute approximate surface area is 133 Å². The molecule has 2 aromatic rings. The van der Waals surface area contributed by atoms with Crippen LogP contribution in [0.1, 0.15) is 37.7 Å². The third-order valence-corrected chi connectivity index (χ3v) is 3.62. The van der Waals surface area contributed by atoms with Gasteiger partial charge in [-0.2, -0.15) is 0 Å². The van der Waals surface area contributed by atoms with Crippen LogP contribution in [0.3, 0.4) is 0 Å². The van der Waals surface area contributed by atoms with Crippen LogP contribution in [0.2, 0.25) is 5.02 Å². The first-order valence-electron chi connectivity index (χ1n) is 6.69. The van der Waals surface area contributed by atoms with Crippen LogP contribution in [0.15, 0.2) is 30.3 Å². The van der Waals surface area contributed by atoms with Gasteiger partial charge in [-0.3, -0.25) is 4.79 Å². The SMILES string of the molecule is COC(=O)c1c(C)[nH]c(C(=O)C=Cc2ccc(Cl)cc2)c1C. The van der Waals surface area contributed by atoms with E-state index in [-0.39, 0.29) is 5.78 Å².